The molecule has 0 radical (unpaired) electrons. The van der Waals surface area contributed by atoms with E-state index >= 15 is 0 Å². The number of nitrogens with zero attached hydrogens (tertiary/aromatic N) is 1. The Morgan fingerprint density at radius 2 is 2.10 bits per heavy atom. The molecule has 0 saturated carbocycles. The van der Waals surface area contributed by atoms with Crippen molar-refractivity contribution >= 4 is 5.91 Å². The van der Waals surface area contributed by atoms with E-state index in [0.29, 0.717) is 18.6 Å². The molecule has 2 fully saturated rings. The summed E-state index contributed by atoms with van der Waals surface area (Å²) < 4.78 is 5.36. The maximum absolute atomic E-state index is 12.5. The molecule has 0 spiro atoms. The number of carbonyl (C=O) groups excluding carboxylic acids is 1. The third-order valence-corrected chi connectivity index (χ3v) is 4.78. The van der Waals surface area contributed by atoms with Crippen molar-refractivity contribution in [1.29, 1.82) is 0 Å². The molecule has 21 heavy (non-hydrogen) atoms. The number of carbonyl (C=O) groups is 1. The summed E-state index contributed by atoms with van der Waals surface area (Å²) >= 11 is 0. The number of likely N-dealkylation sites (tertiary alicyclic amines) is 1. The number of rotatable bonds is 5. The van der Waals surface area contributed by atoms with E-state index in [1.165, 1.54) is 18.4 Å². The summed E-state index contributed by atoms with van der Waals surface area (Å²) in [6.07, 6.45) is 6.66. The van der Waals surface area contributed by atoms with Gasteiger partial charge in [0.25, 0.3) is 0 Å². The van der Waals surface area contributed by atoms with Crippen molar-refractivity contribution in [3.05, 3.63) is 35.9 Å². The molecule has 0 N–H and O–H groups in total. The fourth-order valence-corrected chi connectivity index (χ4v) is 3.58. The Morgan fingerprint density at radius 1 is 1.24 bits per heavy atom. The molecule has 0 unspecified atom stereocenters. The first-order chi connectivity index (χ1) is 10.3. The number of ether oxygens (including phenoxy) is 1. The van der Waals surface area contributed by atoms with Crippen molar-refractivity contribution < 1.29 is 9.53 Å². The Balaban J connectivity index is 1.49. The lowest BCUT2D eigenvalue weighted by Crippen LogP contribution is -2.39. The SMILES string of the molecule is O=C([C@@H]1CCOC1)N1CCC[C@@H]1CCCc1ccccc1. The molecule has 2 aliphatic heterocycles. The standard InChI is InChI=1S/C18H25NO2/c20-18(16-11-13-21-14-16)19-12-5-10-17(19)9-4-8-15-6-2-1-3-7-15/h1-3,6-7,16-17H,4-5,8-14H2/t16-,17+/m1/s1. The summed E-state index contributed by atoms with van der Waals surface area (Å²) in [5, 5.41) is 0. The number of hydrogen-bond donors (Lipinski definition) is 0. The highest BCUT2D eigenvalue weighted by Crippen LogP contribution is 2.26. The molecule has 2 atom stereocenters. The zero-order chi connectivity index (χ0) is 14.5. The Kier molecular flexibility index (Phi) is 4.91. The van der Waals surface area contributed by atoms with Gasteiger partial charge in [-0.2, -0.15) is 0 Å². The molecule has 3 rings (SSSR count). The lowest BCUT2D eigenvalue weighted by atomic mass is 10.0. The van der Waals surface area contributed by atoms with Crippen LogP contribution in [0.25, 0.3) is 0 Å². The van der Waals surface area contributed by atoms with Crippen LogP contribution in [0.4, 0.5) is 0 Å². The third-order valence-electron chi connectivity index (χ3n) is 4.78. The van der Waals surface area contributed by atoms with Gasteiger partial charge >= 0.3 is 0 Å². The van der Waals surface area contributed by atoms with E-state index in [2.05, 4.69) is 35.2 Å². The van der Waals surface area contributed by atoms with Gasteiger partial charge in [-0.05, 0) is 44.1 Å². The molecular weight excluding hydrogens is 262 g/mol. The Hall–Kier alpha value is -1.35. The van der Waals surface area contributed by atoms with Gasteiger partial charge in [-0.3, -0.25) is 4.79 Å². The topological polar surface area (TPSA) is 29.5 Å². The zero-order valence-electron chi connectivity index (χ0n) is 12.7. The van der Waals surface area contributed by atoms with Crippen LogP contribution >= 0.6 is 0 Å². The predicted molar refractivity (Wildman–Crippen MR) is 83.0 cm³/mol. The van der Waals surface area contributed by atoms with Crippen molar-refractivity contribution in [2.75, 3.05) is 19.8 Å². The fraction of sp³-hybridized carbons (Fsp3) is 0.611. The second-order valence-corrected chi connectivity index (χ2v) is 6.27. The van der Waals surface area contributed by atoms with E-state index in [0.717, 1.165) is 38.8 Å². The summed E-state index contributed by atoms with van der Waals surface area (Å²) in [7, 11) is 0. The minimum Gasteiger partial charge on any atom is -0.381 e. The van der Waals surface area contributed by atoms with Crippen LogP contribution in [-0.4, -0.2) is 36.6 Å². The van der Waals surface area contributed by atoms with Crippen LogP contribution in [0.15, 0.2) is 30.3 Å². The van der Waals surface area contributed by atoms with Gasteiger partial charge in [-0.1, -0.05) is 30.3 Å². The molecule has 2 aliphatic rings. The van der Waals surface area contributed by atoms with E-state index in [4.69, 9.17) is 4.74 Å². The van der Waals surface area contributed by atoms with Gasteiger partial charge < -0.3 is 9.64 Å². The number of hydrogen-bond acceptors (Lipinski definition) is 2. The quantitative estimate of drug-likeness (QED) is 0.833. The first-order valence-corrected chi connectivity index (χ1v) is 8.27. The summed E-state index contributed by atoms with van der Waals surface area (Å²) in [5.74, 6) is 0.467. The lowest BCUT2D eigenvalue weighted by molar-refractivity contribution is -0.136. The highest BCUT2D eigenvalue weighted by Gasteiger charge is 2.34. The summed E-state index contributed by atoms with van der Waals surface area (Å²) in [5.41, 5.74) is 1.40. The van der Waals surface area contributed by atoms with Crippen molar-refractivity contribution in [3.63, 3.8) is 0 Å². The van der Waals surface area contributed by atoms with E-state index < -0.39 is 0 Å². The molecule has 3 heteroatoms. The molecule has 114 valence electrons. The number of amides is 1. The van der Waals surface area contributed by atoms with E-state index in [1.54, 1.807) is 0 Å². The van der Waals surface area contributed by atoms with Crippen LogP contribution in [0, 0.1) is 5.92 Å². The smallest absolute Gasteiger partial charge is 0.228 e. The second-order valence-electron chi connectivity index (χ2n) is 6.27. The van der Waals surface area contributed by atoms with Gasteiger partial charge in [0.15, 0.2) is 0 Å². The minimum atomic E-state index is 0.125. The van der Waals surface area contributed by atoms with Crippen LogP contribution < -0.4 is 0 Å². The average Bonchev–Trinajstić information content (AvgIpc) is 3.19. The van der Waals surface area contributed by atoms with Gasteiger partial charge in [0.2, 0.25) is 5.91 Å². The maximum Gasteiger partial charge on any atom is 0.228 e. The van der Waals surface area contributed by atoms with Crippen LogP contribution in [0.2, 0.25) is 0 Å². The number of benzene rings is 1. The molecule has 0 bridgehead atoms. The van der Waals surface area contributed by atoms with Crippen LogP contribution in [-0.2, 0) is 16.0 Å². The van der Waals surface area contributed by atoms with Gasteiger partial charge in [0.05, 0.1) is 12.5 Å². The molecule has 1 amide bonds. The van der Waals surface area contributed by atoms with E-state index in [9.17, 15) is 4.79 Å². The van der Waals surface area contributed by atoms with Gasteiger partial charge in [-0.15, -0.1) is 0 Å². The van der Waals surface area contributed by atoms with Crippen molar-refractivity contribution in [2.45, 2.75) is 44.6 Å². The monoisotopic (exact) mass is 287 g/mol. The first kappa shape index (κ1) is 14.6. The molecule has 3 nitrogen and oxygen atoms in total. The van der Waals surface area contributed by atoms with Crippen LogP contribution in [0.3, 0.4) is 0 Å². The largest absolute Gasteiger partial charge is 0.381 e. The van der Waals surface area contributed by atoms with Crippen LogP contribution in [0.5, 0.6) is 0 Å². The highest BCUT2D eigenvalue weighted by molar-refractivity contribution is 5.79. The van der Waals surface area contributed by atoms with Gasteiger partial charge in [-0.25, -0.2) is 0 Å². The molecule has 0 aromatic heterocycles. The minimum absolute atomic E-state index is 0.125. The summed E-state index contributed by atoms with van der Waals surface area (Å²) in [6, 6.07) is 11.1. The van der Waals surface area contributed by atoms with Gasteiger partial charge in [0, 0.05) is 19.2 Å². The Labute approximate surface area is 127 Å². The summed E-state index contributed by atoms with van der Waals surface area (Å²) in [6.45, 7) is 2.33. The Morgan fingerprint density at radius 3 is 2.86 bits per heavy atom. The third kappa shape index (κ3) is 3.65. The van der Waals surface area contributed by atoms with E-state index in [-0.39, 0.29) is 5.92 Å². The molecule has 1 aromatic carbocycles. The predicted octanol–water partition coefficient (Wildman–Crippen LogP) is 3.04. The van der Waals surface area contributed by atoms with Gasteiger partial charge in [0.1, 0.15) is 0 Å². The molecule has 0 aliphatic carbocycles. The van der Waals surface area contributed by atoms with E-state index in [1.807, 2.05) is 0 Å². The molecular formula is C18H25NO2. The Bertz CT molecular complexity index is 454. The van der Waals surface area contributed by atoms with Crippen molar-refractivity contribution in [3.8, 4) is 0 Å². The fourth-order valence-electron chi connectivity index (χ4n) is 3.58. The number of aryl methyl sites for hydroxylation is 1. The maximum atomic E-state index is 12.5. The second kappa shape index (κ2) is 7.08. The normalized spacial score (nSPS) is 25.4. The average molecular weight is 287 g/mol. The highest BCUT2D eigenvalue weighted by atomic mass is 16.5. The lowest BCUT2D eigenvalue weighted by Gasteiger charge is -2.27. The molecule has 1 aromatic rings. The van der Waals surface area contributed by atoms with Crippen molar-refractivity contribution in [1.82, 2.24) is 4.90 Å². The zero-order valence-corrected chi connectivity index (χ0v) is 12.7. The molecule has 2 saturated heterocycles. The first-order valence-electron chi connectivity index (χ1n) is 8.27. The molecule has 2 heterocycles. The van der Waals surface area contributed by atoms with Crippen molar-refractivity contribution in [2.24, 2.45) is 5.92 Å². The van der Waals surface area contributed by atoms with Crippen LogP contribution in [0.1, 0.15) is 37.7 Å². The summed E-state index contributed by atoms with van der Waals surface area (Å²) in [4.78, 5) is 14.7.